The van der Waals surface area contributed by atoms with Crippen LogP contribution < -0.4 is 4.90 Å². The average Bonchev–Trinajstić information content (AvgIpc) is 2.75. The number of morpholine rings is 1. The van der Waals surface area contributed by atoms with Gasteiger partial charge in [0.05, 0.1) is 24.6 Å². The summed E-state index contributed by atoms with van der Waals surface area (Å²) in [6.07, 6.45) is 4.15. The van der Waals surface area contributed by atoms with Crippen LogP contribution in [0.5, 0.6) is 0 Å². The first-order chi connectivity index (χ1) is 7.83. The van der Waals surface area contributed by atoms with E-state index in [0.717, 1.165) is 30.7 Å². The zero-order chi connectivity index (χ0) is 11.0. The molecule has 2 aromatic heterocycles. The van der Waals surface area contributed by atoms with Gasteiger partial charge in [-0.1, -0.05) is 0 Å². The van der Waals surface area contributed by atoms with Crippen molar-refractivity contribution in [3.63, 3.8) is 0 Å². The SMILES string of the molecule is CC1CN(c2cnc3[nH]ccc3c2)CCO1. The third kappa shape index (κ3) is 1.65. The largest absolute Gasteiger partial charge is 0.375 e. The Morgan fingerprint density at radius 3 is 3.38 bits per heavy atom. The van der Waals surface area contributed by atoms with Gasteiger partial charge < -0.3 is 14.6 Å². The highest BCUT2D eigenvalue weighted by Crippen LogP contribution is 2.21. The van der Waals surface area contributed by atoms with Crippen molar-refractivity contribution in [2.45, 2.75) is 13.0 Å². The first kappa shape index (κ1) is 9.66. The molecule has 1 aliphatic rings. The van der Waals surface area contributed by atoms with Gasteiger partial charge in [-0.15, -0.1) is 0 Å². The van der Waals surface area contributed by atoms with Gasteiger partial charge in [-0.2, -0.15) is 0 Å². The van der Waals surface area contributed by atoms with Gasteiger partial charge in [0.1, 0.15) is 5.65 Å². The lowest BCUT2D eigenvalue weighted by molar-refractivity contribution is 0.0532. The maximum atomic E-state index is 5.53. The molecule has 0 spiro atoms. The normalized spacial score (nSPS) is 21.6. The van der Waals surface area contributed by atoms with Crippen molar-refractivity contribution in [2.24, 2.45) is 0 Å². The molecule has 0 saturated carbocycles. The second-order valence-electron chi connectivity index (χ2n) is 4.24. The maximum absolute atomic E-state index is 5.53. The Hall–Kier alpha value is -1.55. The van der Waals surface area contributed by atoms with Crippen LogP contribution in [0.4, 0.5) is 5.69 Å². The fourth-order valence-electron chi connectivity index (χ4n) is 2.15. The smallest absolute Gasteiger partial charge is 0.137 e. The molecular formula is C12H15N3O. The van der Waals surface area contributed by atoms with Crippen molar-refractivity contribution in [3.05, 3.63) is 24.5 Å². The van der Waals surface area contributed by atoms with E-state index in [1.54, 1.807) is 0 Å². The third-order valence-electron chi connectivity index (χ3n) is 2.99. The van der Waals surface area contributed by atoms with Crippen LogP contribution in [0.2, 0.25) is 0 Å². The van der Waals surface area contributed by atoms with Crippen LogP contribution in [0.3, 0.4) is 0 Å². The van der Waals surface area contributed by atoms with E-state index < -0.39 is 0 Å². The predicted molar refractivity (Wildman–Crippen MR) is 63.7 cm³/mol. The second kappa shape index (κ2) is 3.79. The Kier molecular flexibility index (Phi) is 2.29. The molecule has 0 radical (unpaired) electrons. The summed E-state index contributed by atoms with van der Waals surface area (Å²) in [5, 5.41) is 1.16. The van der Waals surface area contributed by atoms with Crippen molar-refractivity contribution in [3.8, 4) is 0 Å². The molecule has 0 aromatic carbocycles. The van der Waals surface area contributed by atoms with Gasteiger partial charge in [0, 0.05) is 24.7 Å². The topological polar surface area (TPSA) is 41.2 Å². The summed E-state index contributed by atoms with van der Waals surface area (Å²) in [6.45, 7) is 4.79. The van der Waals surface area contributed by atoms with E-state index in [2.05, 4.69) is 33.9 Å². The molecule has 16 heavy (non-hydrogen) atoms. The van der Waals surface area contributed by atoms with Crippen molar-refractivity contribution >= 4 is 16.7 Å². The molecule has 0 bridgehead atoms. The number of aromatic amines is 1. The quantitative estimate of drug-likeness (QED) is 0.791. The molecule has 1 fully saturated rings. The summed E-state index contributed by atoms with van der Waals surface area (Å²) < 4.78 is 5.53. The van der Waals surface area contributed by atoms with E-state index in [-0.39, 0.29) is 0 Å². The molecule has 1 N–H and O–H groups in total. The number of ether oxygens (including phenoxy) is 1. The van der Waals surface area contributed by atoms with Crippen molar-refractivity contribution in [2.75, 3.05) is 24.6 Å². The first-order valence-electron chi connectivity index (χ1n) is 5.62. The number of nitrogens with zero attached hydrogens (tertiary/aromatic N) is 2. The fraction of sp³-hybridized carbons (Fsp3) is 0.417. The highest BCUT2D eigenvalue weighted by Gasteiger charge is 2.17. The Labute approximate surface area is 94.2 Å². The van der Waals surface area contributed by atoms with Crippen molar-refractivity contribution in [1.29, 1.82) is 0 Å². The Morgan fingerprint density at radius 1 is 1.56 bits per heavy atom. The predicted octanol–water partition coefficient (Wildman–Crippen LogP) is 1.79. The van der Waals surface area contributed by atoms with Gasteiger partial charge in [-0.25, -0.2) is 4.98 Å². The number of pyridine rings is 1. The average molecular weight is 217 g/mol. The zero-order valence-electron chi connectivity index (χ0n) is 9.31. The molecule has 0 amide bonds. The summed E-state index contributed by atoms with van der Waals surface area (Å²) in [7, 11) is 0. The molecule has 1 saturated heterocycles. The molecule has 1 atom stereocenters. The van der Waals surface area contributed by atoms with Gasteiger partial charge in [-0.05, 0) is 19.1 Å². The summed E-state index contributed by atoms with van der Waals surface area (Å²) in [5.41, 5.74) is 2.13. The molecule has 3 rings (SSSR count). The number of nitrogens with one attached hydrogen (secondary N) is 1. The maximum Gasteiger partial charge on any atom is 0.137 e. The fourth-order valence-corrected chi connectivity index (χ4v) is 2.15. The summed E-state index contributed by atoms with van der Waals surface area (Å²) in [5.74, 6) is 0. The van der Waals surface area contributed by atoms with Crippen LogP contribution in [0.15, 0.2) is 24.5 Å². The van der Waals surface area contributed by atoms with Crippen LogP contribution in [0, 0.1) is 0 Å². The Balaban J connectivity index is 1.92. The lowest BCUT2D eigenvalue weighted by Crippen LogP contribution is -2.41. The number of hydrogen-bond acceptors (Lipinski definition) is 3. The minimum Gasteiger partial charge on any atom is -0.375 e. The summed E-state index contributed by atoms with van der Waals surface area (Å²) >= 11 is 0. The van der Waals surface area contributed by atoms with Gasteiger partial charge in [0.2, 0.25) is 0 Å². The lowest BCUT2D eigenvalue weighted by atomic mass is 10.2. The van der Waals surface area contributed by atoms with Crippen LogP contribution in [0.1, 0.15) is 6.92 Å². The monoisotopic (exact) mass is 217 g/mol. The van der Waals surface area contributed by atoms with E-state index in [9.17, 15) is 0 Å². The van der Waals surface area contributed by atoms with Crippen LogP contribution >= 0.6 is 0 Å². The molecule has 4 heteroatoms. The second-order valence-corrected chi connectivity index (χ2v) is 4.24. The van der Waals surface area contributed by atoms with Crippen molar-refractivity contribution < 1.29 is 4.74 Å². The standard InChI is InChI=1S/C12H15N3O/c1-9-8-15(4-5-16-9)11-6-10-2-3-13-12(10)14-7-11/h2-3,6-7,9H,4-5,8H2,1H3,(H,13,14). The highest BCUT2D eigenvalue weighted by molar-refractivity contribution is 5.79. The molecule has 4 nitrogen and oxygen atoms in total. The van der Waals surface area contributed by atoms with E-state index >= 15 is 0 Å². The minimum absolute atomic E-state index is 0.302. The molecule has 1 unspecified atom stereocenters. The van der Waals surface area contributed by atoms with Gasteiger partial charge in [0.15, 0.2) is 0 Å². The lowest BCUT2D eigenvalue weighted by Gasteiger charge is -2.32. The Bertz CT molecular complexity index is 494. The van der Waals surface area contributed by atoms with E-state index in [1.165, 1.54) is 5.69 Å². The molecule has 3 heterocycles. The van der Waals surface area contributed by atoms with Gasteiger partial charge >= 0.3 is 0 Å². The number of anilines is 1. The molecule has 0 aliphatic carbocycles. The van der Waals surface area contributed by atoms with Crippen LogP contribution in [0.25, 0.3) is 11.0 Å². The molecule has 2 aromatic rings. The third-order valence-corrected chi connectivity index (χ3v) is 2.99. The van der Waals surface area contributed by atoms with E-state index in [1.807, 2.05) is 12.4 Å². The van der Waals surface area contributed by atoms with Gasteiger partial charge in [0.25, 0.3) is 0 Å². The van der Waals surface area contributed by atoms with E-state index in [0.29, 0.717) is 6.10 Å². The van der Waals surface area contributed by atoms with Crippen LogP contribution in [-0.2, 0) is 4.74 Å². The minimum atomic E-state index is 0.302. The number of hydrogen-bond donors (Lipinski definition) is 1. The van der Waals surface area contributed by atoms with Gasteiger partial charge in [-0.3, -0.25) is 0 Å². The summed E-state index contributed by atoms with van der Waals surface area (Å²) in [4.78, 5) is 9.83. The number of fused-ring (bicyclic) bond motifs is 1. The zero-order valence-corrected chi connectivity index (χ0v) is 9.31. The Morgan fingerprint density at radius 2 is 2.50 bits per heavy atom. The number of aromatic nitrogens is 2. The summed E-state index contributed by atoms with van der Waals surface area (Å²) in [6, 6.07) is 4.23. The molecular weight excluding hydrogens is 202 g/mol. The first-order valence-corrected chi connectivity index (χ1v) is 5.62. The van der Waals surface area contributed by atoms with Crippen molar-refractivity contribution in [1.82, 2.24) is 9.97 Å². The number of H-pyrrole nitrogens is 1. The number of rotatable bonds is 1. The van der Waals surface area contributed by atoms with Crippen LogP contribution in [-0.4, -0.2) is 35.8 Å². The highest BCUT2D eigenvalue weighted by atomic mass is 16.5. The molecule has 1 aliphatic heterocycles. The molecule has 84 valence electrons. The van der Waals surface area contributed by atoms with E-state index in [4.69, 9.17) is 4.74 Å².